The second kappa shape index (κ2) is 7.09. The maximum Gasteiger partial charge on any atom is 0.268 e. The van der Waals surface area contributed by atoms with Crippen LogP contribution < -0.4 is 4.74 Å². The zero-order valence-electron chi connectivity index (χ0n) is 14.1. The summed E-state index contributed by atoms with van der Waals surface area (Å²) in [5.41, 5.74) is 1.33. The molecule has 7 heteroatoms. The molecule has 0 unspecified atom stereocenters. The van der Waals surface area contributed by atoms with Gasteiger partial charge in [-0.1, -0.05) is 33.6 Å². The summed E-state index contributed by atoms with van der Waals surface area (Å²) in [7, 11) is -2.37. The van der Waals surface area contributed by atoms with Crippen LogP contribution >= 0.6 is 15.9 Å². The van der Waals surface area contributed by atoms with Crippen molar-refractivity contribution in [2.45, 2.75) is 11.8 Å². The third kappa shape index (κ3) is 3.32. The van der Waals surface area contributed by atoms with E-state index in [1.165, 1.54) is 37.6 Å². The second-order valence-electron chi connectivity index (χ2n) is 5.68. The van der Waals surface area contributed by atoms with Crippen molar-refractivity contribution in [3.05, 3.63) is 82.1 Å². The SMILES string of the molecule is COc1ccc(Br)c(C(=O)c2cccn2S(=O)(=O)c2ccc(C)cc2)c1. The van der Waals surface area contributed by atoms with Crippen molar-refractivity contribution in [1.29, 1.82) is 0 Å². The van der Waals surface area contributed by atoms with E-state index in [2.05, 4.69) is 15.9 Å². The molecule has 3 aromatic rings. The normalized spacial score (nSPS) is 11.3. The highest BCUT2D eigenvalue weighted by Gasteiger charge is 2.24. The molecule has 2 aromatic carbocycles. The van der Waals surface area contributed by atoms with Crippen molar-refractivity contribution in [2.75, 3.05) is 7.11 Å². The first-order valence-electron chi connectivity index (χ1n) is 7.72. The van der Waals surface area contributed by atoms with Crippen molar-refractivity contribution in [3.63, 3.8) is 0 Å². The molecule has 0 saturated heterocycles. The largest absolute Gasteiger partial charge is 0.497 e. The lowest BCUT2D eigenvalue weighted by atomic mass is 10.1. The molecule has 0 radical (unpaired) electrons. The van der Waals surface area contributed by atoms with Gasteiger partial charge in [-0.15, -0.1) is 0 Å². The monoisotopic (exact) mass is 433 g/mol. The number of carbonyl (C=O) groups excluding carboxylic acids is 1. The van der Waals surface area contributed by atoms with Gasteiger partial charge in [0.25, 0.3) is 10.0 Å². The number of carbonyl (C=O) groups is 1. The smallest absolute Gasteiger partial charge is 0.268 e. The van der Waals surface area contributed by atoms with E-state index in [-0.39, 0.29) is 10.6 Å². The highest BCUT2D eigenvalue weighted by atomic mass is 79.9. The Morgan fingerprint density at radius 3 is 2.42 bits per heavy atom. The number of rotatable bonds is 5. The number of hydrogen-bond donors (Lipinski definition) is 0. The summed E-state index contributed by atoms with van der Waals surface area (Å²) in [4.78, 5) is 13.1. The van der Waals surface area contributed by atoms with Crippen molar-refractivity contribution in [2.24, 2.45) is 0 Å². The van der Waals surface area contributed by atoms with Crippen molar-refractivity contribution in [3.8, 4) is 5.75 Å². The van der Waals surface area contributed by atoms with Crippen molar-refractivity contribution in [1.82, 2.24) is 3.97 Å². The Labute approximate surface area is 160 Å². The van der Waals surface area contributed by atoms with E-state index in [1.807, 2.05) is 6.92 Å². The van der Waals surface area contributed by atoms with Crippen LogP contribution in [0.5, 0.6) is 5.75 Å². The Kier molecular flexibility index (Phi) is 5.02. The van der Waals surface area contributed by atoms with Crippen LogP contribution in [0.25, 0.3) is 0 Å². The van der Waals surface area contributed by atoms with Crippen molar-refractivity contribution >= 4 is 31.7 Å². The summed E-state index contributed by atoms with van der Waals surface area (Å²) in [6, 6.07) is 14.5. The van der Waals surface area contributed by atoms with Crippen LogP contribution in [0.3, 0.4) is 0 Å². The van der Waals surface area contributed by atoms with E-state index in [1.54, 1.807) is 30.3 Å². The first kappa shape index (κ1) is 18.4. The van der Waals surface area contributed by atoms with Gasteiger partial charge in [0.15, 0.2) is 0 Å². The predicted molar refractivity (Wildman–Crippen MR) is 102 cm³/mol. The van der Waals surface area contributed by atoms with E-state index >= 15 is 0 Å². The average molecular weight is 434 g/mol. The van der Waals surface area contributed by atoms with Crippen LogP contribution in [-0.4, -0.2) is 25.3 Å². The second-order valence-corrected chi connectivity index (χ2v) is 8.35. The molecule has 1 aromatic heterocycles. The van der Waals surface area contributed by atoms with Gasteiger partial charge in [-0.2, -0.15) is 0 Å². The quantitative estimate of drug-likeness (QED) is 0.569. The number of ether oxygens (including phenoxy) is 1. The number of aryl methyl sites for hydroxylation is 1. The number of benzene rings is 2. The molecular weight excluding hydrogens is 418 g/mol. The Morgan fingerprint density at radius 1 is 1.08 bits per heavy atom. The van der Waals surface area contributed by atoms with Crippen LogP contribution in [-0.2, 0) is 10.0 Å². The summed E-state index contributed by atoms with van der Waals surface area (Å²) in [6.45, 7) is 1.88. The van der Waals surface area contributed by atoms with Gasteiger partial charge < -0.3 is 4.74 Å². The van der Waals surface area contributed by atoms with E-state index in [4.69, 9.17) is 4.74 Å². The Balaban J connectivity index is 2.09. The maximum absolute atomic E-state index is 13.0. The fourth-order valence-electron chi connectivity index (χ4n) is 2.52. The highest BCUT2D eigenvalue weighted by molar-refractivity contribution is 9.10. The Hall–Kier alpha value is -2.38. The molecule has 5 nitrogen and oxygen atoms in total. The molecule has 0 bridgehead atoms. The molecule has 1 heterocycles. The molecule has 0 amide bonds. The molecule has 0 aliphatic carbocycles. The summed E-state index contributed by atoms with van der Waals surface area (Å²) in [5, 5.41) is 0. The van der Waals surface area contributed by atoms with Gasteiger partial charge in [0.2, 0.25) is 5.78 Å². The summed E-state index contributed by atoms with van der Waals surface area (Å²) >= 11 is 3.34. The van der Waals surface area contributed by atoms with E-state index < -0.39 is 15.8 Å². The predicted octanol–water partition coefficient (Wildman–Crippen LogP) is 4.04. The standard InChI is InChI=1S/C19H16BrNO4S/c1-13-5-8-15(9-6-13)26(23,24)21-11-3-4-18(21)19(22)16-12-14(25-2)7-10-17(16)20/h3-12H,1-2H3. The molecule has 0 atom stereocenters. The zero-order chi connectivity index (χ0) is 18.9. The van der Waals surface area contributed by atoms with Crippen LogP contribution in [0.2, 0.25) is 0 Å². The third-order valence-electron chi connectivity index (χ3n) is 3.94. The molecular formula is C19H16BrNO4S. The van der Waals surface area contributed by atoms with Crippen molar-refractivity contribution < 1.29 is 17.9 Å². The van der Waals surface area contributed by atoms with E-state index in [0.717, 1.165) is 9.54 Å². The van der Waals surface area contributed by atoms with Gasteiger partial charge in [0.1, 0.15) is 11.4 Å². The van der Waals surface area contributed by atoms with Crippen LogP contribution in [0, 0.1) is 6.92 Å². The molecule has 0 saturated carbocycles. The first-order chi connectivity index (χ1) is 12.3. The fourth-order valence-corrected chi connectivity index (χ4v) is 4.29. The number of methoxy groups -OCH3 is 1. The number of nitrogens with zero attached hydrogens (tertiary/aromatic N) is 1. The van der Waals surface area contributed by atoms with Gasteiger partial charge in [0, 0.05) is 16.2 Å². The number of halogens is 1. The van der Waals surface area contributed by atoms with Crippen LogP contribution in [0.4, 0.5) is 0 Å². The molecule has 26 heavy (non-hydrogen) atoms. The molecule has 0 N–H and O–H groups in total. The minimum atomic E-state index is -3.88. The third-order valence-corrected chi connectivity index (χ3v) is 6.34. The summed E-state index contributed by atoms with van der Waals surface area (Å²) in [5.74, 6) is 0.0903. The first-order valence-corrected chi connectivity index (χ1v) is 9.96. The molecule has 0 aliphatic rings. The molecule has 0 aliphatic heterocycles. The maximum atomic E-state index is 13.0. The Morgan fingerprint density at radius 2 is 1.77 bits per heavy atom. The number of ketones is 1. The van der Waals surface area contributed by atoms with Gasteiger partial charge >= 0.3 is 0 Å². The lowest BCUT2D eigenvalue weighted by molar-refractivity contribution is 0.103. The lowest BCUT2D eigenvalue weighted by Crippen LogP contribution is -2.18. The van der Waals surface area contributed by atoms with E-state index in [0.29, 0.717) is 15.8 Å². The molecule has 134 valence electrons. The minimum Gasteiger partial charge on any atom is -0.497 e. The van der Waals surface area contributed by atoms with Gasteiger partial charge in [0.05, 0.1) is 12.0 Å². The number of hydrogen-bond acceptors (Lipinski definition) is 4. The fraction of sp³-hybridized carbons (Fsp3) is 0.105. The summed E-state index contributed by atoms with van der Waals surface area (Å²) in [6.07, 6.45) is 1.37. The van der Waals surface area contributed by atoms with E-state index in [9.17, 15) is 13.2 Å². The van der Waals surface area contributed by atoms with Gasteiger partial charge in [-0.25, -0.2) is 12.4 Å². The summed E-state index contributed by atoms with van der Waals surface area (Å²) < 4.78 is 32.6. The lowest BCUT2D eigenvalue weighted by Gasteiger charge is -2.11. The topological polar surface area (TPSA) is 65.4 Å². The zero-order valence-corrected chi connectivity index (χ0v) is 16.5. The van der Waals surface area contributed by atoms with Gasteiger partial charge in [-0.3, -0.25) is 4.79 Å². The molecule has 3 rings (SSSR count). The average Bonchev–Trinajstić information content (AvgIpc) is 3.12. The highest BCUT2D eigenvalue weighted by Crippen LogP contribution is 2.26. The van der Waals surface area contributed by atoms with Gasteiger partial charge in [-0.05, 0) is 49.4 Å². The van der Waals surface area contributed by atoms with Crippen LogP contribution in [0.1, 0.15) is 21.6 Å². The number of aromatic nitrogens is 1. The van der Waals surface area contributed by atoms with Crippen LogP contribution in [0.15, 0.2) is 70.2 Å². The molecule has 0 spiro atoms. The Bertz CT molecular complexity index is 1070. The molecule has 0 fully saturated rings. The minimum absolute atomic E-state index is 0.0551.